The van der Waals surface area contributed by atoms with Gasteiger partial charge in [-0.1, -0.05) is 24.3 Å². The molecule has 0 saturated carbocycles. The second-order valence-electron chi connectivity index (χ2n) is 5.43. The van der Waals surface area contributed by atoms with Crippen molar-refractivity contribution in [2.24, 2.45) is 0 Å². The molecule has 0 saturated heterocycles. The lowest BCUT2D eigenvalue weighted by Gasteiger charge is -2.20. The number of nitrogens with one attached hydrogen (secondary N) is 1. The molecule has 0 aliphatic heterocycles. The molecule has 18 heavy (non-hydrogen) atoms. The Morgan fingerprint density at radius 2 is 1.94 bits per heavy atom. The van der Waals surface area contributed by atoms with E-state index in [-0.39, 0.29) is 11.3 Å². The Hall–Kier alpha value is -1.74. The van der Waals surface area contributed by atoms with Gasteiger partial charge in [0.2, 0.25) is 0 Å². The molecule has 3 heteroatoms. The molecule has 0 unspecified atom stereocenters. The third-order valence-electron chi connectivity index (χ3n) is 2.75. The van der Waals surface area contributed by atoms with Crippen LogP contribution in [0.15, 0.2) is 36.7 Å². The SMILES string of the molecule is CC(C)(C)NCC(=O)c1cncc2ccccc12. The number of ketones is 1. The maximum absolute atomic E-state index is 12.2. The Bertz CT molecular complexity index is 565. The number of pyridine rings is 1. The van der Waals surface area contributed by atoms with Gasteiger partial charge in [-0.05, 0) is 26.2 Å². The van der Waals surface area contributed by atoms with Gasteiger partial charge >= 0.3 is 0 Å². The van der Waals surface area contributed by atoms with Crippen LogP contribution in [0, 0.1) is 0 Å². The van der Waals surface area contributed by atoms with Crippen LogP contribution in [0.25, 0.3) is 10.8 Å². The monoisotopic (exact) mass is 242 g/mol. The van der Waals surface area contributed by atoms with E-state index in [1.54, 1.807) is 12.4 Å². The topological polar surface area (TPSA) is 42.0 Å². The number of aromatic nitrogens is 1. The summed E-state index contributed by atoms with van der Waals surface area (Å²) in [5.41, 5.74) is 0.623. The molecule has 0 amide bonds. The normalized spacial score (nSPS) is 11.7. The van der Waals surface area contributed by atoms with Crippen molar-refractivity contribution in [3.8, 4) is 0 Å². The predicted molar refractivity (Wildman–Crippen MR) is 73.8 cm³/mol. The molecule has 0 bridgehead atoms. The maximum Gasteiger partial charge on any atom is 0.178 e. The molecule has 0 radical (unpaired) electrons. The minimum atomic E-state index is -0.0618. The highest BCUT2D eigenvalue weighted by Crippen LogP contribution is 2.17. The summed E-state index contributed by atoms with van der Waals surface area (Å²) in [4.78, 5) is 16.3. The van der Waals surface area contributed by atoms with Crippen LogP contribution >= 0.6 is 0 Å². The van der Waals surface area contributed by atoms with E-state index in [9.17, 15) is 4.79 Å². The van der Waals surface area contributed by atoms with Gasteiger partial charge in [0.05, 0.1) is 6.54 Å². The van der Waals surface area contributed by atoms with Crippen molar-refractivity contribution in [2.45, 2.75) is 26.3 Å². The first-order valence-corrected chi connectivity index (χ1v) is 6.08. The van der Waals surface area contributed by atoms with Gasteiger partial charge in [0.1, 0.15) is 0 Å². The quantitative estimate of drug-likeness (QED) is 0.841. The molecule has 1 aromatic carbocycles. The Balaban J connectivity index is 2.28. The zero-order valence-corrected chi connectivity index (χ0v) is 11.0. The van der Waals surface area contributed by atoms with Crippen LogP contribution in [0.1, 0.15) is 31.1 Å². The third kappa shape index (κ3) is 2.93. The summed E-state index contributed by atoms with van der Waals surface area (Å²) < 4.78 is 0. The van der Waals surface area contributed by atoms with Crippen molar-refractivity contribution < 1.29 is 4.79 Å². The van der Waals surface area contributed by atoms with Crippen molar-refractivity contribution in [2.75, 3.05) is 6.54 Å². The highest BCUT2D eigenvalue weighted by atomic mass is 16.1. The summed E-state index contributed by atoms with van der Waals surface area (Å²) in [6, 6.07) is 7.82. The third-order valence-corrected chi connectivity index (χ3v) is 2.75. The summed E-state index contributed by atoms with van der Waals surface area (Å²) in [5, 5.41) is 5.17. The Labute approximate surface area is 107 Å². The van der Waals surface area contributed by atoms with Gasteiger partial charge in [-0.2, -0.15) is 0 Å². The van der Waals surface area contributed by atoms with E-state index in [2.05, 4.69) is 10.3 Å². The van der Waals surface area contributed by atoms with Crippen LogP contribution in [0.4, 0.5) is 0 Å². The van der Waals surface area contributed by atoms with Crippen LogP contribution in [0.5, 0.6) is 0 Å². The predicted octanol–water partition coefficient (Wildman–Crippen LogP) is 2.81. The van der Waals surface area contributed by atoms with Gasteiger partial charge < -0.3 is 5.32 Å². The molecule has 0 fully saturated rings. The van der Waals surface area contributed by atoms with Gasteiger partial charge in [0, 0.05) is 28.9 Å². The molecule has 1 heterocycles. The second kappa shape index (κ2) is 4.86. The van der Waals surface area contributed by atoms with E-state index in [0.29, 0.717) is 12.1 Å². The van der Waals surface area contributed by atoms with E-state index in [1.165, 1.54) is 0 Å². The highest BCUT2D eigenvalue weighted by molar-refractivity contribution is 6.08. The van der Waals surface area contributed by atoms with E-state index >= 15 is 0 Å². The van der Waals surface area contributed by atoms with Crippen LogP contribution in [-0.2, 0) is 0 Å². The van der Waals surface area contributed by atoms with Gasteiger partial charge in [-0.25, -0.2) is 0 Å². The molecule has 0 aliphatic rings. The maximum atomic E-state index is 12.2. The number of hydrogen-bond acceptors (Lipinski definition) is 3. The van der Waals surface area contributed by atoms with Crippen LogP contribution in [0.3, 0.4) is 0 Å². The fourth-order valence-electron chi connectivity index (χ4n) is 1.78. The minimum Gasteiger partial charge on any atom is -0.305 e. The van der Waals surface area contributed by atoms with Crippen LogP contribution < -0.4 is 5.32 Å². The fraction of sp³-hybridized carbons (Fsp3) is 0.333. The summed E-state index contributed by atoms with van der Waals surface area (Å²) in [7, 11) is 0. The van der Waals surface area contributed by atoms with Crippen LogP contribution in [-0.4, -0.2) is 22.9 Å². The lowest BCUT2D eigenvalue weighted by atomic mass is 10.0. The van der Waals surface area contributed by atoms with Crippen molar-refractivity contribution in [1.82, 2.24) is 10.3 Å². The summed E-state index contributed by atoms with van der Waals surface area (Å²) in [5.74, 6) is 0.0780. The Morgan fingerprint density at radius 3 is 2.67 bits per heavy atom. The standard InChI is InChI=1S/C15H18N2O/c1-15(2,3)17-10-14(18)13-9-16-8-11-6-4-5-7-12(11)13/h4-9,17H,10H2,1-3H3. The number of Topliss-reactive ketones (excluding diaryl/α,β-unsaturated/α-hetero) is 1. The molecule has 1 N–H and O–H groups in total. The summed E-state index contributed by atoms with van der Waals surface area (Å²) in [6.45, 7) is 6.46. The first kappa shape index (κ1) is 12.7. The molecule has 94 valence electrons. The Kier molecular flexibility index (Phi) is 3.43. The molecular weight excluding hydrogens is 224 g/mol. The van der Waals surface area contributed by atoms with E-state index in [1.807, 2.05) is 45.0 Å². The average Bonchev–Trinajstić information content (AvgIpc) is 2.34. The zero-order valence-electron chi connectivity index (χ0n) is 11.0. The highest BCUT2D eigenvalue weighted by Gasteiger charge is 2.14. The van der Waals surface area contributed by atoms with Crippen molar-refractivity contribution >= 4 is 16.6 Å². The fourth-order valence-corrected chi connectivity index (χ4v) is 1.78. The van der Waals surface area contributed by atoms with Crippen molar-refractivity contribution in [3.63, 3.8) is 0 Å². The average molecular weight is 242 g/mol. The second-order valence-corrected chi connectivity index (χ2v) is 5.43. The van der Waals surface area contributed by atoms with E-state index < -0.39 is 0 Å². The Morgan fingerprint density at radius 1 is 1.22 bits per heavy atom. The molecule has 2 aromatic rings. The number of carbonyl (C=O) groups is 1. The van der Waals surface area contributed by atoms with Gasteiger partial charge in [0.15, 0.2) is 5.78 Å². The van der Waals surface area contributed by atoms with Crippen molar-refractivity contribution in [1.29, 1.82) is 0 Å². The number of carbonyl (C=O) groups excluding carboxylic acids is 1. The minimum absolute atomic E-state index is 0.0618. The van der Waals surface area contributed by atoms with Crippen molar-refractivity contribution in [3.05, 3.63) is 42.2 Å². The molecule has 2 rings (SSSR count). The summed E-state index contributed by atoms with van der Waals surface area (Å²) in [6.07, 6.45) is 3.43. The zero-order chi connectivity index (χ0) is 13.2. The number of rotatable bonds is 3. The van der Waals surface area contributed by atoms with Crippen LogP contribution in [0.2, 0.25) is 0 Å². The van der Waals surface area contributed by atoms with Gasteiger partial charge in [0.25, 0.3) is 0 Å². The molecular formula is C15H18N2O. The van der Waals surface area contributed by atoms with E-state index in [0.717, 1.165) is 10.8 Å². The molecule has 0 spiro atoms. The molecule has 0 atom stereocenters. The lowest BCUT2D eigenvalue weighted by Crippen LogP contribution is -2.39. The molecule has 0 aliphatic carbocycles. The largest absolute Gasteiger partial charge is 0.305 e. The molecule has 1 aromatic heterocycles. The molecule has 3 nitrogen and oxygen atoms in total. The lowest BCUT2D eigenvalue weighted by molar-refractivity contribution is 0.0983. The first-order valence-electron chi connectivity index (χ1n) is 6.08. The van der Waals surface area contributed by atoms with E-state index in [4.69, 9.17) is 0 Å². The number of nitrogens with zero attached hydrogens (tertiary/aromatic N) is 1. The number of hydrogen-bond donors (Lipinski definition) is 1. The number of benzene rings is 1. The van der Waals surface area contributed by atoms with Gasteiger partial charge in [-0.15, -0.1) is 0 Å². The summed E-state index contributed by atoms with van der Waals surface area (Å²) >= 11 is 0. The number of fused-ring (bicyclic) bond motifs is 1. The first-order chi connectivity index (χ1) is 8.47. The van der Waals surface area contributed by atoms with Gasteiger partial charge in [-0.3, -0.25) is 9.78 Å². The smallest absolute Gasteiger partial charge is 0.178 e.